The number of Topliss-reactive ketones (excluding diaryl/α,β-unsaturated/α-hetero) is 1. The first-order valence-electron chi connectivity index (χ1n) is 8.25. The fourth-order valence-electron chi connectivity index (χ4n) is 2.28. The molecule has 0 aliphatic carbocycles. The SMILES string of the molecule is CC(C)C(CC(=O)C(N)CCS(C)(=O)=O)C(=O)NC(C(=O)O)C(C)C. The summed E-state index contributed by atoms with van der Waals surface area (Å²) in [6, 6.07) is -2.01. The van der Waals surface area contributed by atoms with Crippen molar-refractivity contribution in [3.63, 3.8) is 0 Å². The number of hydrogen-bond acceptors (Lipinski definition) is 6. The van der Waals surface area contributed by atoms with Gasteiger partial charge in [-0.15, -0.1) is 0 Å². The summed E-state index contributed by atoms with van der Waals surface area (Å²) in [5.74, 6) is -3.49. The number of amides is 1. The first kappa shape index (κ1) is 23.5. The van der Waals surface area contributed by atoms with Crippen LogP contribution in [0, 0.1) is 17.8 Å². The molecule has 146 valence electrons. The standard InChI is InChI=1S/C16H30N2O6S/c1-9(2)11(15(20)18-14(10(3)4)16(21)22)8-13(19)12(17)6-7-25(5,23)24/h9-12,14H,6-8,17H2,1-5H3,(H,18,20)(H,21,22). The Bertz CT molecular complexity index is 585. The minimum Gasteiger partial charge on any atom is -0.480 e. The molecule has 0 bridgehead atoms. The molecular formula is C16H30N2O6S. The molecule has 0 aromatic heterocycles. The van der Waals surface area contributed by atoms with Crippen molar-refractivity contribution in [2.75, 3.05) is 12.0 Å². The Morgan fingerprint density at radius 1 is 1.08 bits per heavy atom. The fraction of sp³-hybridized carbons (Fsp3) is 0.812. The second-order valence-corrected chi connectivity index (χ2v) is 9.37. The van der Waals surface area contributed by atoms with Crippen LogP contribution in [0.5, 0.6) is 0 Å². The topological polar surface area (TPSA) is 144 Å². The van der Waals surface area contributed by atoms with Gasteiger partial charge in [0.05, 0.1) is 11.8 Å². The normalized spacial score (nSPS) is 15.7. The summed E-state index contributed by atoms with van der Waals surface area (Å²) >= 11 is 0. The van der Waals surface area contributed by atoms with Gasteiger partial charge in [0.25, 0.3) is 0 Å². The van der Waals surface area contributed by atoms with E-state index in [2.05, 4.69) is 5.32 Å². The van der Waals surface area contributed by atoms with E-state index in [1.54, 1.807) is 27.7 Å². The van der Waals surface area contributed by atoms with Crippen LogP contribution in [0.2, 0.25) is 0 Å². The Morgan fingerprint density at radius 3 is 1.96 bits per heavy atom. The summed E-state index contributed by atoms with van der Waals surface area (Å²) in [4.78, 5) is 35.9. The fourth-order valence-corrected chi connectivity index (χ4v) is 2.96. The molecule has 0 aromatic carbocycles. The number of rotatable bonds is 11. The lowest BCUT2D eigenvalue weighted by molar-refractivity contribution is -0.144. The third kappa shape index (κ3) is 8.97. The quantitative estimate of drug-likeness (QED) is 0.466. The summed E-state index contributed by atoms with van der Waals surface area (Å²) in [7, 11) is -3.23. The van der Waals surface area contributed by atoms with Gasteiger partial charge >= 0.3 is 5.97 Å². The average Bonchev–Trinajstić information content (AvgIpc) is 2.45. The number of carboxylic acid groups (broad SMARTS) is 1. The molecule has 4 N–H and O–H groups in total. The molecule has 0 rings (SSSR count). The van der Waals surface area contributed by atoms with E-state index in [1.807, 2.05) is 0 Å². The average molecular weight is 378 g/mol. The van der Waals surface area contributed by atoms with Crippen molar-refractivity contribution in [3.05, 3.63) is 0 Å². The van der Waals surface area contributed by atoms with E-state index in [0.29, 0.717) is 0 Å². The minimum atomic E-state index is -3.23. The lowest BCUT2D eigenvalue weighted by Crippen LogP contribution is -2.48. The molecule has 0 aliphatic heterocycles. The van der Waals surface area contributed by atoms with E-state index in [4.69, 9.17) is 5.73 Å². The van der Waals surface area contributed by atoms with Crippen LogP contribution in [0.15, 0.2) is 0 Å². The molecule has 0 aliphatic rings. The second kappa shape index (κ2) is 9.86. The molecule has 1 amide bonds. The number of aliphatic carboxylic acids is 1. The number of hydrogen-bond donors (Lipinski definition) is 3. The van der Waals surface area contributed by atoms with E-state index >= 15 is 0 Å². The molecule has 0 fully saturated rings. The number of sulfone groups is 1. The molecular weight excluding hydrogens is 348 g/mol. The number of carbonyl (C=O) groups is 3. The van der Waals surface area contributed by atoms with Crippen LogP contribution in [0.3, 0.4) is 0 Å². The minimum absolute atomic E-state index is 0.00611. The zero-order chi connectivity index (χ0) is 19.9. The summed E-state index contributed by atoms with van der Waals surface area (Å²) in [6.45, 7) is 6.86. The van der Waals surface area contributed by atoms with E-state index in [0.717, 1.165) is 6.26 Å². The van der Waals surface area contributed by atoms with Crippen LogP contribution < -0.4 is 11.1 Å². The molecule has 9 heteroatoms. The van der Waals surface area contributed by atoms with Crippen molar-refractivity contribution in [1.82, 2.24) is 5.32 Å². The van der Waals surface area contributed by atoms with Crippen LogP contribution in [-0.2, 0) is 24.2 Å². The molecule has 3 unspecified atom stereocenters. The van der Waals surface area contributed by atoms with Crippen LogP contribution in [0.1, 0.15) is 40.5 Å². The molecule has 0 heterocycles. The van der Waals surface area contributed by atoms with Gasteiger partial charge in [0.1, 0.15) is 21.7 Å². The summed E-state index contributed by atoms with van der Waals surface area (Å²) in [6.07, 6.45) is 0.902. The molecule has 0 saturated carbocycles. The Morgan fingerprint density at radius 2 is 1.60 bits per heavy atom. The molecule has 8 nitrogen and oxygen atoms in total. The van der Waals surface area contributed by atoms with E-state index < -0.39 is 45.5 Å². The first-order chi connectivity index (χ1) is 11.3. The van der Waals surface area contributed by atoms with E-state index in [-0.39, 0.29) is 30.4 Å². The maximum atomic E-state index is 12.4. The Labute approximate surface area is 149 Å². The van der Waals surface area contributed by atoms with Gasteiger partial charge in [0, 0.05) is 18.6 Å². The summed E-state index contributed by atoms with van der Waals surface area (Å²) in [5, 5.41) is 11.6. The van der Waals surface area contributed by atoms with Gasteiger partial charge in [-0.2, -0.15) is 0 Å². The summed E-state index contributed by atoms with van der Waals surface area (Å²) in [5.41, 5.74) is 5.73. The van der Waals surface area contributed by atoms with Crippen LogP contribution in [0.4, 0.5) is 0 Å². The molecule has 25 heavy (non-hydrogen) atoms. The van der Waals surface area contributed by atoms with Crippen molar-refractivity contribution in [2.24, 2.45) is 23.5 Å². The number of carboxylic acids is 1. The number of carbonyl (C=O) groups excluding carboxylic acids is 2. The largest absolute Gasteiger partial charge is 0.480 e. The maximum Gasteiger partial charge on any atom is 0.326 e. The number of nitrogens with one attached hydrogen (secondary N) is 1. The Hall–Kier alpha value is -1.48. The van der Waals surface area contributed by atoms with Crippen molar-refractivity contribution in [1.29, 1.82) is 0 Å². The van der Waals surface area contributed by atoms with Crippen LogP contribution in [-0.4, -0.2) is 55.3 Å². The lowest BCUT2D eigenvalue weighted by atomic mass is 9.87. The predicted molar refractivity (Wildman–Crippen MR) is 94.7 cm³/mol. The van der Waals surface area contributed by atoms with Gasteiger partial charge < -0.3 is 16.2 Å². The first-order valence-corrected chi connectivity index (χ1v) is 10.3. The maximum absolute atomic E-state index is 12.4. The van der Waals surface area contributed by atoms with Gasteiger partial charge in [-0.25, -0.2) is 13.2 Å². The van der Waals surface area contributed by atoms with Crippen molar-refractivity contribution in [2.45, 2.75) is 52.6 Å². The third-order valence-corrected chi connectivity index (χ3v) is 4.98. The van der Waals surface area contributed by atoms with Gasteiger partial charge in [0.15, 0.2) is 0 Å². The molecule has 0 spiro atoms. The van der Waals surface area contributed by atoms with Crippen molar-refractivity contribution < 1.29 is 27.9 Å². The van der Waals surface area contributed by atoms with Crippen LogP contribution in [0.25, 0.3) is 0 Å². The second-order valence-electron chi connectivity index (χ2n) is 7.11. The van der Waals surface area contributed by atoms with Gasteiger partial charge in [-0.3, -0.25) is 9.59 Å². The Kier molecular flexibility index (Phi) is 9.28. The molecule has 0 radical (unpaired) electrons. The van der Waals surface area contributed by atoms with E-state index in [9.17, 15) is 27.9 Å². The van der Waals surface area contributed by atoms with Gasteiger partial charge in [0.2, 0.25) is 5.91 Å². The lowest BCUT2D eigenvalue weighted by Gasteiger charge is -2.25. The smallest absolute Gasteiger partial charge is 0.326 e. The Balaban J connectivity index is 4.97. The summed E-state index contributed by atoms with van der Waals surface area (Å²) < 4.78 is 22.3. The van der Waals surface area contributed by atoms with Gasteiger partial charge in [-0.05, 0) is 18.3 Å². The molecule has 0 saturated heterocycles. The number of ketones is 1. The zero-order valence-electron chi connectivity index (χ0n) is 15.5. The highest BCUT2D eigenvalue weighted by Gasteiger charge is 2.31. The highest BCUT2D eigenvalue weighted by Crippen LogP contribution is 2.18. The molecule has 3 atom stereocenters. The van der Waals surface area contributed by atoms with Gasteiger partial charge in [-0.1, -0.05) is 27.7 Å². The highest BCUT2D eigenvalue weighted by atomic mass is 32.2. The van der Waals surface area contributed by atoms with Crippen molar-refractivity contribution in [3.8, 4) is 0 Å². The number of nitrogens with two attached hydrogens (primary N) is 1. The predicted octanol–water partition coefficient (Wildman–Crippen LogP) is 0.205. The third-order valence-electron chi connectivity index (χ3n) is 4.01. The van der Waals surface area contributed by atoms with E-state index in [1.165, 1.54) is 0 Å². The van der Waals surface area contributed by atoms with Crippen LogP contribution >= 0.6 is 0 Å². The highest BCUT2D eigenvalue weighted by molar-refractivity contribution is 7.90. The van der Waals surface area contributed by atoms with Crippen molar-refractivity contribution >= 4 is 27.5 Å². The zero-order valence-corrected chi connectivity index (χ0v) is 16.3. The monoisotopic (exact) mass is 378 g/mol. The molecule has 0 aromatic rings.